The molecular weight excluding hydrogens is 391 g/mol. The summed E-state index contributed by atoms with van der Waals surface area (Å²) in [6, 6.07) is 10.1. The molecule has 0 unspecified atom stereocenters. The summed E-state index contributed by atoms with van der Waals surface area (Å²) in [7, 11) is 0. The van der Waals surface area contributed by atoms with Gasteiger partial charge >= 0.3 is 12.1 Å². The largest absolute Gasteiger partial charge is 0.444 e. The molecule has 2 aromatic carbocycles. The van der Waals surface area contributed by atoms with E-state index in [0.717, 1.165) is 17.7 Å². The fourth-order valence-electron chi connectivity index (χ4n) is 2.40. The number of nitrogens with one attached hydrogen (secondary N) is 4. The third-order valence-electron chi connectivity index (χ3n) is 3.58. The number of carbonyl (C=O) groups excluding carboxylic acids is 3. The number of hydrogen-bond acceptors (Lipinski definition) is 4. The van der Waals surface area contributed by atoms with Crippen LogP contribution in [0.25, 0.3) is 0 Å². The van der Waals surface area contributed by atoms with Crippen LogP contribution < -0.4 is 21.3 Å². The Labute approximate surface area is 174 Å². The molecule has 0 bridgehead atoms. The monoisotopic (exact) mass is 416 g/mol. The Bertz CT molecular complexity index is 941. The van der Waals surface area contributed by atoms with Gasteiger partial charge in [-0.05, 0) is 63.6 Å². The van der Waals surface area contributed by atoms with Crippen LogP contribution in [0.1, 0.15) is 26.3 Å². The summed E-state index contributed by atoms with van der Waals surface area (Å²) in [6.07, 6.45) is -0.750. The van der Waals surface area contributed by atoms with Crippen LogP contribution >= 0.6 is 0 Å². The molecule has 0 saturated heterocycles. The van der Waals surface area contributed by atoms with Gasteiger partial charge < -0.3 is 20.7 Å². The van der Waals surface area contributed by atoms with E-state index in [1.807, 2.05) is 13.0 Å². The summed E-state index contributed by atoms with van der Waals surface area (Å²) >= 11 is 0. The van der Waals surface area contributed by atoms with Crippen LogP contribution in [0.4, 0.5) is 31.0 Å². The fourth-order valence-corrected chi connectivity index (χ4v) is 2.40. The van der Waals surface area contributed by atoms with Crippen molar-refractivity contribution in [1.29, 1.82) is 0 Å². The van der Waals surface area contributed by atoms with Crippen molar-refractivity contribution in [3.05, 3.63) is 53.8 Å². The summed E-state index contributed by atoms with van der Waals surface area (Å²) in [6.45, 7) is 6.63. The van der Waals surface area contributed by atoms with Gasteiger partial charge in [-0.1, -0.05) is 12.1 Å². The quantitative estimate of drug-likeness (QED) is 0.584. The Balaban J connectivity index is 1.94. The topological polar surface area (TPSA) is 109 Å². The van der Waals surface area contributed by atoms with E-state index >= 15 is 0 Å². The highest BCUT2D eigenvalue weighted by Gasteiger charge is 2.18. The third-order valence-corrected chi connectivity index (χ3v) is 3.58. The predicted octanol–water partition coefficient (Wildman–Crippen LogP) is 4.24. The Morgan fingerprint density at radius 1 is 0.967 bits per heavy atom. The lowest BCUT2D eigenvalue weighted by Gasteiger charge is -2.20. The van der Waals surface area contributed by atoms with Gasteiger partial charge in [-0.15, -0.1) is 0 Å². The molecule has 0 fully saturated rings. The Morgan fingerprint density at radius 3 is 2.37 bits per heavy atom. The molecule has 0 aliphatic rings. The van der Waals surface area contributed by atoms with Gasteiger partial charge in [0.15, 0.2) is 0 Å². The Morgan fingerprint density at radius 2 is 1.70 bits per heavy atom. The van der Waals surface area contributed by atoms with Crippen LogP contribution in [0.2, 0.25) is 0 Å². The molecule has 0 radical (unpaired) electrons. The second-order valence-electron chi connectivity index (χ2n) is 7.54. The van der Waals surface area contributed by atoms with Gasteiger partial charge in [0.25, 0.3) is 0 Å². The number of rotatable bonds is 5. The molecule has 4 N–H and O–H groups in total. The lowest BCUT2D eigenvalue weighted by Crippen LogP contribution is -2.36. The van der Waals surface area contributed by atoms with E-state index in [0.29, 0.717) is 5.69 Å². The van der Waals surface area contributed by atoms with Crippen molar-refractivity contribution in [2.45, 2.75) is 33.3 Å². The van der Waals surface area contributed by atoms with Gasteiger partial charge in [0.2, 0.25) is 5.91 Å². The number of aryl methyl sites for hydroxylation is 1. The zero-order chi connectivity index (χ0) is 22.3. The molecule has 4 amide bonds. The number of amides is 4. The molecule has 0 heterocycles. The minimum absolute atomic E-state index is 0.0340. The number of benzene rings is 2. The van der Waals surface area contributed by atoms with E-state index in [1.165, 1.54) is 6.07 Å². The highest BCUT2D eigenvalue weighted by molar-refractivity contribution is 6.00. The first-order valence-corrected chi connectivity index (χ1v) is 9.23. The van der Waals surface area contributed by atoms with Crippen LogP contribution in [0.3, 0.4) is 0 Å². The summed E-state index contributed by atoms with van der Waals surface area (Å²) in [5.41, 5.74) is 1.03. The Hall–Kier alpha value is -3.62. The molecule has 9 heteroatoms. The second kappa shape index (κ2) is 9.73. The summed E-state index contributed by atoms with van der Waals surface area (Å²) < 4.78 is 18.8. The first kappa shape index (κ1) is 22.7. The van der Waals surface area contributed by atoms with Crippen LogP contribution in [0.5, 0.6) is 0 Å². The van der Waals surface area contributed by atoms with E-state index in [1.54, 1.807) is 39.0 Å². The van der Waals surface area contributed by atoms with E-state index in [9.17, 15) is 18.8 Å². The summed E-state index contributed by atoms with van der Waals surface area (Å²) in [4.78, 5) is 36.1. The molecule has 0 spiro atoms. The molecule has 160 valence electrons. The molecule has 0 aromatic heterocycles. The van der Waals surface area contributed by atoms with Crippen LogP contribution in [-0.4, -0.2) is 30.2 Å². The maximum atomic E-state index is 13.6. The second-order valence-corrected chi connectivity index (χ2v) is 7.54. The van der Waals surface area contributed by atoms with Crippen molar-refractivity contribution in [2.75, 3.05) is 22.5 Å². The van der Waals surface area contributed by atoms with Crippen LogP contribution in [0, 0.1) is 12.7 Å². The zero-order valence-electron chi connectivity index (χ0n) is 17.3. The minimum atomic E-state index is -0.750. The third kappa shape index (κ3) is 7.78. The van der Waals surface area contributed by atoms with E-state index in [2.05, 4.69) is 21.3 Å². The van der Waals surface area contributed by atoms with E-state index < -0.39 is 29.4 Å². The first-order valence-electron chi connectivity index (χ1n) is 9.23. The van der Waals surface area contributed by atoms with Gasteiger partial charge in [0, 0.05) is 5.69 Å². The average molecular weight is 416 g/mol. The fraction of sp³-hybridized carbons (Fsp3) is 0.286. The van der Waals surface area contributed by atoms with E-state index in [-0.39, 0.29) is 17.9 Å². The standard InChI is InChI=1S/C21H25FN4O4/c1-13-6-5-7-15(10-13)24-19(28)23-12-18(27)25-17-11-14(22)8-9-16(17)26-20(29)30-21(2,3)4/h5-11H,12H2,1-4H3,(H,25,27)(H,26,29)(H2,23,24,28). The van der Waals surface area contributed by atoms with Crippen LogP contribution in [-0.2, 0) is 9.53 Å². The van der Waals surface area contributed by atoms with Crippen molar-refractivity contribution < 1.29 is 23.5 Å². The van der Waals surface area contributed by atoms with Crippen LogP contribution in [0.15, 0.2) is 42.5 Å². The van der Waals surface area contributed by atoms with Gasteiger partial charge in [-0.3, -0.25) is 10.1 Å². The molecule has 30 heavy (non-hydrogen) atoms. The molecule has 0 aliphatic heterocycles. The molecule has 8 nitrogen and oxygen atoms in total. The number of urea groups is 1. The molecule has 2 aromatic rings. The molecule has 2 rings (SSSR count). The van der Waals surface area contributed by atoms with Crippen molar-refractivity contribution >= 4 is 35.1 Å². The van der Waals surface area contributed by atoms with Crippen molar-refractivity contribution in [3.8, 4) is 0 Å². The minimum Gasteiger partial charge on any atom is -0.444 e. The average Bonchev–Trinajstić information content (AvgIpc) is 2.61. The molecule has 0 atom stereocenters. The van der Waals surface area contributed by atoms with Gasteiger partial charge in [0.1, 0.15) is 11.4 Å². The summed E-state index contributed by atoms with van der Waals surface area (Å²) in [5, 5.41) is 9.93. The van der Waals surface area contributed by atoms with Crippen molar-refractivity contribution in [2.24, 2.45) is 0 Å². The zero-order valence-corrected chi connectivity index (χ0v) is 17.3. The maximum Gasteiger partial charge on any atom is 0.412 e. The highest BCUT2D eigenvalue weighted by Crippen LogP contribution is 2.23. The maximum absolute atomic E-state index is 13.6. The number of halogens is 1. The molecule has 0 aliphatic carbocycles. The lowest BCUT2D eigenvalue weighted by atomic mass is 10.2. The number of anilines is 3. The van der Waals surface area contributed by atoms with E-state index in [4.69, 9.17) is 4.74 Å². The highest BCUT2D eigenvalue weighted by atomic mass is 19.1. The SMILES string of the molecule is Cc1cccc(NC(=O)NCC(=O)Nc2cc(F)ccc2NC(=O)OC(C)(C)C)c1. The van der Waals surface area contributed by atoms with Gasteiger partial charge in [0.05, 0.1) is 17.9 Å². The number of carbonyl (C=O) groups is 3. The molecule has 0 saturated carbocycles. The normalized spacial score (nSPS) is 10.7. The first-order chi connectivity index (χ1) is 14.0. The van der Waals surface area contributed by atoms with Crippen molar-refractivity contribution in [3.63, 3.8) is 0 Å². The molecular formula is C21H25FN4O4. The smallest absolute Gasteiger partial charge is 0.412 e. The predicted molar refractivity (Wildman–Crippen MR) is 113 cm³/mol. The lowest BCUT2D eigenvalue weighted by molar-refractivity contribution is -0.115. The van der Waals surface area contributed by atoms with Gasteiger partial charge in [-0.2, -0.15) is 0 Å². The Kier molecular flexibility index (Phi) is 7.35. The van der Waals surface area contributed by atoms with Crippen molar-refractivity contribution in [1.82, 2.24) is 5.32 Å². The summed E-state index contributed by atoms with van der Waals surface area (Å²) in [5.74, 6) is -1.21. The number of hydrogen-bond donors (Lipinski definition) is 4. The van der Waals surface area contributed by atoms with Gasteiger partial charge in [-0.25, -0.2) is 14.0 Å². The number of ether oxygens (including phenoxy) is 1.